The molecule has 1 aromatic heterocycles. The lowest BCUT2D eigenvalue weighted by Gasteiger charge is -1.99. The van der Waals surface area contributed by atoms with E-state index in [1.54, 1.807) is 0 Å². The van der Waals surface area contributed by atoms with E-state index in [4.69, 9.17) is 4.42 Å². The van der Waals surface area contributed by atoms with Crippen LogP contribution in [0.5, 0.6) is 0 Å². The molecule has 0 amide bonds. The van der Waals surface area contributed by atoms with Gasteiger partial charge in [0.1, 0.15) is 5.76 Å². The summed E-state index contributed by atoms with van der Waals surface area (Å²) in [7, 11) is 0. The summed E-state index contributed by atoms with van der Waals surface area (Å²) in [6, 6.07) is 0.812. The van der Waals surface area contributed by atoms with Gasteiger partial charge in [-0.25, -0.2) is 4.98 Å². The highest BCUT2D eigenvalue weighted by Gasteiger charge is 2.37. The van der Waals surface area contributed by atoms with Crippen LogP contribution in [0.1, 0.15) is 50.2 Å². The minimum Gasteiger partial charge on any atom is -0.445 e. The van der Waals surface area contributed by atoms with Crippen molar-refractivity contribution in [2.75, 3.05) is 6.54 Å². The lowest BCUT2D eigenvalue weighted by atomic mass is 10.3. The van der Waals surface area contributed by atoms with Crippen LogP contribution in [0.15, 0.2) is 10.6 Å². The number of aromatic nitrogens is 1. The summed E-state index contributed by atoms with van der Waals surface area (Å²) in [5.41, 5.74) is 0. The number of oxazole rings is 1. The van der Waals surface area contributed by atoms with Gasteiger partial charge in [-0.3, -0.25) is 0 Å². The second-order valence-corrected chi connectivity index (χ2v) is 5.31. The third-order valence-electron chi connectivity index (χ3n) is 3.62. The molecule has 2 aliphatic rings. The van der Waals surface area contributed by atoms with Crippen LogP contribution < -0.4 is 5.32 Å². The van der Waals surface area contributed by atoms with E-state index in [9.17, 15) is 0 Å². The molecule has 2 unspecified atom stereocenters. The molecule has 0 spiro atoms. The van der Waals surface area contributed by atoms with Gasteiger partial charge >= 0.3 is 0 Å². The summed E-state index contributed by atoms with van der Waals surface area (Å²) in [5.74, 6) is 3.49. The zero-order valence-corrected chi connectivity index (χ0v) is 9.91. The molecule has 0 aromatic carbocycles. The smallest absolute Gasteiger partial charge is 0.194 e. The van der Waals surface area contributed by atoms with Crippen LogP contribution in [0.25, 0.3) is 0 Å². The van der Waals surface area contributed by atoms with Gasteiger partial charge in [-0.1, -0.05) is 6.92 Å². The predicted octanol–water partition coefficient (Wildman–Crippen LogP) is 2.48. The third kappa shape index (κ3) is 2.46. The van der Waals surface area contributed by atoms with E-state index < -0.39 is 0 Å². The second kappa shape index (κ2) is 4.21. The Morgan fingerprint density at radius 1 is 1.50 bits per heavy atom. The molecule has 3 heteroatoms. The summed E-state index contributed by atoms with van der Waals surface area (Å²) >= 11 is 0. The Balaban J connectivity index is 1.41. The molecule has 0 bridgehead atoms. The first-order valence-corrected chi connectivity index (χ1v) is 6.51. The second-order valence-electron chi connectivity index (χ2n) is 5.31. The first-order chi connectivity index (χ1) is 7.83. The maximum Gasteiger partial charge on any atom is 0.194 e. The molecular formula is C13H20N2O. The molecule has 88 valence electrons. The molecule has 1 heterocycles. The number of hydrogen-bond donors (Lipinski definition) is 1. The van der Waals surface area contributed by atoms with Crippen molar-refractivity contribution in [2.24, 2.45) is 5.92 Å². The quantitative estimate of drug-likeness (QED) is 0.748. The van der Waals surface area contributed by atoms with Crippen LogP contribution in [0.4, 0.5) is 0 Å². The van der Waals surface area contributed by atoms with E-state index in [-0.39, 0.29) is 0 Å². The van der Waals surface area contributed by atoms with Crippen molar-refractivity contribution in [3.05, 3.63) is 17.8 Å². The molecular weight excluding hydrogens is 200 g/mol. The number of aryl methyl sites for hydroxylation is 1. The summed E-state index contributed by atoms with van der Waals surface area (Å²) < 4.78 is 5.76. The molecule has 16 heavy (non-hydrogen) atoms. The molecule has 2 fully saturated rings. The molecule has 2 aliphatic carbocycles. The van der Waals surface area contributed by atoms with E-state index in [2.05, 4.69) is 17.2 Å². The standard InChI is InChI=1S/C13H20N2O/c1-9-7-11(9)12-8-15-13(16-12)3-2-6-14-10-4-5-10/h8-11,14H,2-7H2,1H3. The minimum atomic E-state index is 0.658. The monoisotopic (exact) mass is 220 g/mol. The Hall–Kier alpha value is -0.830. The van der Waals surface area contributed by atoms with Gasteiger partial charge in [0.2, 0.25) is 0 Å². The van der Waals surface area contributed by atoms with Gasteiger partial charge in [-0.2, -0.15) is 0 Å². The molecule has 0 saturated heterocycles. The molecule has 1 aromatic rings. The van der Waals surface area contributed by atoms with Crippen LogP contribution in [0, 0.1) is 5.92 Å². The minimum absolute atomic E-state index is 0.658. The van der Waals surface area contributed by atoms with Gasteiger partial charge in [0.25, 0.3) is 0 Å². The summed E-state index contributed by atoms with van der Waals surface area (Å²) in [6.45, 7) is 3.37. The van der Waals surface area contributed by atoms with E-state index >= 15 is 0 Å². The van der Waals surface area contributed by atoms with Crippen molar-refractivity contribution in [3.8, 4) is 0 Å². The van der Waals surface area contributed by atoms with Gasteiger partial charge in [-0.15, -0.1) is 0 Å². The maximum atomic E-state index is 5.76. The average Bonchev–Trinajstić information content (AvgIpc) is 3.17. The number of nitrogens with zero attached hydrogens (tertiary/aromatic N) is 1. The van der Waals surface area contributed by atoms with E-state index in [1.165, 1.54) is 19.3 Å². The van der Waals surface area contributed by atoms with Crippen molar-refractivity contribution < 1.29 is 4.42 Å². The largest absolute Gasteiger partial charge is 0.445 e. The highest BCUT2D eigenvalue weighted by atomic mass is 16.4. The Bertz CT molecular complexity index is 357. The molecule has 0 aliphatic heterocycles. The highest BCUT2D eigenvalue weighted by Crippen LogP contribution is 2.46. The van der Waals surface area contributed by atoms with Crippen LogP contribution in [0.3, 0.4) is 0 Å². The first kappa shape index (κ1) is 10.3. The van der Waals surface area contributed by atoms with E-state index in [1.807, 2.05) is 6.20 Å². The fourth-order valence-corrected chi connectivity index (χ4v) is 2.16. The molecule has 3 rings (SSSR count). The zero-order chi connectivity index (χ0) is 11.0. The van der Waals surface area contributed by atoms with Crippen LogP contribution in [-0.2, 0) is 6.42 Å². The molecule has 0 radical (unpaired) electrons. The predicted molar refractivity (Wildman–Crippen MR) is 62.4 cm³/mol. The number of nitrogens with one attached hydrogen (secondary N) is 1. The lowest BCUT2D eigenvalue weighted by molar-refractivity contribution is 0.443. The zero-order valence-electron chi connectivity index (χ0n) is 9.91. The van der Waals surface area contributed by atoms with Gasteiger partial charge in [0.15, 0.2) is 5.89 Å². The molecule has 3 nitrogen and oxygen atoms in total. The average molecular weight is 220 g/mol. The SMILES string of the molecule is CC1CC1c1cnc(CCCNC2CC2)o1. The van der Waals surface area contributed by atoms with Crippen molar-refractivity contribution in [3.63, 3.8) is 0 Å². The summed E-state index contributed by atoms with van der Waals surface area (Å²) in [5, 5.41) is 3.51. The fraction of sp³-hybridized carbons (Fsp3) is 0.769. The van der Waals surface area contributed by atoms with E-state index in [0.29, 0.717) is 5.92 Å². The van der Waals surface area contributed by atoms with Crippen LogP contribution >= 0.6 is 0 Å². The van der Waals surface area contributed by atoms with Crippen molar-refractivity contribution in [1.82, 2.24) is 10.3 Å². The van der Waals surface area contributed by atoms with Crippen LogP contribution in [-0.4, -0.2) is 17.6 Å². The Morgan fingerprint density at radius 3 is 3.00 bits per heavy atom. The summed E-state index contributed by atoms with van der Waals surface area (Å²) in [6.07, 6.45) is 8.04. The number of hydrogen-bond acceptors (Lipinski definition) is 3. The first-order valence-electron chi connectivity index (χ1n) is 6.51. The van der Waals surface area contributed by atoms with Crippen molar-refractivity contribution in [2.45, 2.75) is 51.0 Å². The molecule has 1 N–H and O–H groups in total. The normalized spacial score (nSPS) is 28.3. The van der Waals surface area contributed by atoms with Gasteiger partial charge in [-0.05, 0) is 38.1 Å². The third-order valence-corrected chi connectivity index (χ3v) is 3.62. The Morgan fingerprint density at radius 2 is 2.31 bits per heavy atom. The Labute approximate surface area is 96.6 Å². The summed E-state index contributed by atoms with van der Waals surface area (Å²) in [4.78, 5) is 4.35. The fourth-order valence-electron chi connectivity index (χ4n) is 2.16. The van der Waals surface area contributed by atoms with Gasteiger partial charge < -0.3 is 9.73 Å². The number of rotatable bonds is 6. The lowest BCUT2D eigenvalue weighted by Crippen LogP contribution is -2.17. The maximum absolute atomic E-state index is 5.76. The molecule has 2 saturated carbocycles. The molecule has 2 atom stereocenters. The van der Waals surface area contributed by atoms with Gasteiger partial charge in [0.05, 0.1) is 6.20 Å². The highest BCUT2D eigenvalue weighted by molar-refractivity contribution is 5.11. The van der Waals surface area contributed by atoms with Gasteiger partial charge in [0, 0.05) is 18.4 Å². The van der Waals surface area contributed by atoms with Crippen LogP contribution in [0.2, 0.25) is 0 Å². The van der Waals surface area contributed by atoms with Crippen molar-refractivity contribution >= 4 is 0 Å². The van der Waals surface area contributed by atoms with Crippen molar-refractivity contribution in [1.29, 1.82) is 0 Å². The topological polar surface area (TPSA) is 38.1 Å². The Kier molecular flexibility index (Phi) is 2.72. The van der Waals surface area contributed by atoms with E-state index in [0.717, 1.165) is 43.0 Å².